The zero-order valence-corrected chi connectivity index (χ0v) is 11.7. The fourth-order valence-electron chi connectivity index (χ4n) is 2.21. The molecule has 0 fully saturated rings. The molecule has 0 radical (unpaired) electrons. The lowest BCUT2D eigenvalue weighted by atomic mass is 10.0. The monoisotopic (exact) mass is 258 g/mol. The van der Waals surface area contributed by atoms with Crippen LogP contribution in [0, 0.1) is 5.92 Å². The van der Waals surface area contributed by atoms with Crippen molar-refractivity contribution < 1.29 is 9.84 Å². The topological polar surface area (TPSA) is 29.5 Å². The van der Waals surface area contributed by atoms with E-state index in [9.17, 15) is 5.11 Å². The smallest absolute Gasteiger partial charge is 0.127 e. The molecule has 0 bridgehead atoms. The number of ether oxygens (including phenoxy) is 1. The van der Waals surface area contributed by atoms with E-state index in [1.165, 1.54) is 12.8 Å². The molecule has 0 aliphatic carbocycles. The molecule has 102 valence electrons. The molecular weight excluding hydrogens is 236 g/mol. The maximum atomic E-state index is 9.82. The Morgan fingerprint density at radius 1 is 1.11 bits per heavy atom. The standard InChI is InChI=1S/C17H22O2/c1-3-13(2)7-6-12-19-17-11-5-8-14-15(17)9-4-10-16(14)18/h4-5,8-11,13,18H,3,6-7,12H2,1-2H3/t13-/m0/s1. The molecule has 0 unspecified atom stereocenters. The molecule has 2 rings (SSSR count). The maximum absolute atomic E-state index is 9.82. The molecule has 0 aromatic heterocycles. The molecule has 2 nitrogen and oxygen atoms in total. The first-order valence-electron chi connectivity index (χ1n) is 7.06. The number of benzene rings is 2. The number of aromatic hydroxyl groups is 1. The number of rotatable bonds is 6. The molecule has 2 heteroatoms. The Labute approximate surface area is 115 Å². The molecule has 19 heavy (non-hydrogen) atoms. The number of phenolic OH excluding ortho intramolecular Hbond substituents is 1. The van der Waals surface area contributed by atoms with Crippen LogP contribution in [0.25, 0.3) is 10.8 Å². The van der Waals surface area contributed by atoms with Crippen LogP contribution in [0.2, 0.25) is 0 Å². The molecule has 1 atom stereocenters. The molecule has 0 spiro atoms. The quantitative estimate of drug-likeness (QED) is 0.758. The van der Waals surface area contributed by atoms with Gasteiger partial charge < -0.3 is 9.84 Å². The average Bonchev–Trinajstić information content (AvgIpc) is 2.44. The van der Waals surface area contributed by atoms with E-state index in [1.807, 2.05) is 30.3 Å². The van der Waals surface area contributed by atoms with Crippen molar-refractivity contribution in [3.8, 4) is 11.5 Å². The minimum Gasteiger partial charge on any atom is -0.507 e. The van der Waals surface area contributed by atoms with E-state index >= 15 is 0 Å². The van der Waals surface area contributed by atoms with Gasteiger partial charge in [0.2, 0.25) is 0 Å². The van der Waals surface area contributed by atoms with Crippen molar-refractivity contribution >= 4 is 10.8 Å². The van der Waals surface area contributed by atoms with Crippen molar-refractivity contribution in [1.29, 1.82) is 0 Å². The number of fused-ring (bicyclic) bond motifs is 1. The van der Waals surface area contributed by atoms with Crippen LogP contribution < -0.4 is 4.74 Å². The number of hydrogen-bond donors (Lipinski definition) is 1. The summed E-state index contributed by atoms with van der Waals surface area (Å²) in [6.07, 6.45) is 3.50. The van der Waals surface area contributed by atoms with Crippen LogP contribution in [-0.2, 0) is 0 Å². The zero-order valence-electron chi connectivity index (χ0n) is 11.7. The van der Waals surface area contributed by atoms with E-state index in [2.05, 4.69) is 13.8 Å². The second-order valence-electron chi connectivity index (χ2n) is 5.13. The van der Waals surface area contributed by atoms with Crippen molar-refractivity contribution in [1.82, 2.24) is 0 Å². The van der Waals surface area contributed by atoms with Crippen LogP contribution >= 0.6 is 0 Å². The zero-order chi connectivity index (χ0) is 13.7. The highest BCUT2D eigenvalue weighted by atomic mass is 16.5. The third-order valence-electron chi connectivity index (χ3n) is 3.65. The number of hydrogen-bond acceptors (Lipinski definition) is 2. The Morgan fingerprint density at radius 3 is 2.63 bits per heavy atom. The highest BCUT2D eigenvalue weighted by Crippen LogP contribution is 2.31. The van der Waals surface area contributed by atoms with Crippen LogP contribution in [-0.4, -0.2) is 11.7 Å². The first-order chi connectivity index (χ1) is 9.22. The molecule has 0 saturated heterocycles. The number of phenols is 1. The first-order valence-corrected chi connectivity index (χ1v) is 7.06. The van der Waals surface area contributed by atoms with Crippen molar-refractivity contribution in [2.24, 2.45) is 5.92 Å². The van der Waals surface area contributed by atoms with Gasteiger partial charge in [-0.2, -0.15) is 0 Å². The molecule has 2 aromatic rings. The van der Waals surface area contributed by atoms with Crippen LogP contribution in [0.4, 0.5) is 0 Å². The molecule has 0 amide bonds. The third-order valence-corrected chi connectivity index (χ3v) is 3.65. The Bertz CT molecular complexity index is 534. The van der Waals surface area contributed by atoms with E-state index in [0.717, 1.165) is 35.5 Å². The summed E-state index contributed by atoms with van der Waals surface area (Å²) < 4.78 is 5.86. The molecule has 0 saturated carbocycles. The van der Waals surface area contributed by atoms with E-state index in [-0.39, 0.29) is 0 Å². The van der Waals surface area contributed by atoms with Crippen molar-refractivity contribution in [2.45, 2.75) is 33.1 Å². The van der Waals surface area contributed by atoms with Gasteiger partial charge in [0.05, 0.1) is 6.61 Å². The minimum absolute atomic E-state index is 0.308. The van der Waals surface area contributed by atoms with Gasteiger partial charge in [0.15, 0.2) is 0 Å². The molecular formula is C17H22O2. The van der Waals surface area contributed by atoms with Crippen LogP contribution in [0.1, 0.15) is 33.1 Å². The predicted octanol–water partition coefficient (Wildman–Crippen LogP) is 4.75. The van der Waals surface area contributed by atoms with E-state index in [4.69, 9.17) is 4.74 Å². The molecule has 0 aliphatic heterocycles. The van der Waals surface area contributed by atoms with E-state index in [0.29, 0.717) is 5.75 Å². The van der Waals surface area contributed by atoms with Gasteiger partial charge in [-0.3, -0.25) is 0 Å². The highest BCUT2D eigenvalue weighted by molar-refractivity contribution is 5.92. The molecule has 0 heterocycles. The lowest BCUT2D eigenvalue weighted by molar-refractivity contribution is 0.297. The molecule has 0 aliphatic rings. The Morgan fingerprint density at radius 2 is 1.84 bits per heavy atom. The lowest BCUT2D eigenvalue weighted by Gasteiger charge is -2.11. The summed E-state index contributed by atoms with van der Waals surface area (Å²) in [5.41, 5.74) is 0. The Kier molecular flexibility index (Phi) is 4.67. The summed E-state index contributed by atoms with van der Waals surface area (Å²) in [4.78, 5) is 0. The van der Waals surface area contributed by atoms with Gasteiger partial charge in [0.25, 0.3) is 0 Å². The van der Waals surface area contributed by atoms with Gasteiger partial charge in [0, 0.05) is 10.8 Å². The molecule has 2 aromatic carbocycles. The van der Waals surface area contributed by atoms with Gasteiger partial charge in [-0.1, -0.05) is 44.5 Å². The summed E-state index contributed by atoms with van der Waals surface area (Å²) in [6.45, 7) is 5.23. The normalized spacial score (nSPS) is 12.5. The average molecular weight is 258 g/mol. The lowest BCUT2D eigenvalue weighted by Crippen LogP contribution is -2.01. The summed E-state index contributed by atoms with van der Waals surface area (Å²) in [5, 5.41) is 11.6. The fraction of sp³-hybridized carbons (Fsp3) is 0.412. The van der Waals surface area contributed by atoms with Crippen molar-refractivity contribution in [2.75, 3.05) is 6.61 Å². The van der Waals surface area contributed by atoms with E-state index in [1.54, 1.807) is 6.07 Å². The Hall–Kier alpha value is -1.70. The van der Waals surface area contributed by atoms with Crippen LogP contribution in [0.15, 0.2) is 36.4 Å². The summed E-state index contributed by atoms with van der Waals surface area (Å²) in [6, 6.07) is 11.3. The minimum atomic E-state index is 0.308. The predicted molar refractivity (Wildman–Crippen MR) is 79.8 cm³/mol. The summed E-state index contributed by atoms with van der Waals surface area (Å²) in [7, 11) is 0. The van der Waals surface area contributed by atoms with Crippen molar-refractivity contribution in [3.05, 3.63) is 36.4 Å². The van der Waals surface area contributed by atoms with Gasteiger partial charge in [-0.15, -0.1) is 0 Å². The van der Waals surface area contributed by atoms with Gasteiger partial charge >= 0.3 is 0 Å². The summed E-state index contributed by atoms with van der Waals surface area (Å²) in [5.74, 6) is 1.93. The second-order valence-corrected chi connectivity index (χ2v) is 5.13. The maximum Gasteiger partial charge on any atom is 0.127 e. The largest absolute Gasteiger partial charge is 0.507 e. The van der Waals surface area contributed by atoms with E-state index < -0.39 is 0 Å². The second kappa shape index (κ2) is 6.46. The van der Waals surface area contributed by atoms with Crippen LogP contribution in [0.5, 0.6) is 11.5 Å². The first kappa shape index (κ1) is 13.7. The van der Waals surface area contributed by atoms with Crippen molar-refractivity contribution in [3.63, 3.8) is 0 Å². The van der Waals surface area contributed by atoms with Gasteiger partial charge in [-0.25, -0.2) is 0 Å². The fourth-order valence-corrected chi connectivity index (χ4v) is 2.21. The van der Waals surface area contributed by atoms with Gasteiger partial charge in [-0.05, 0) is 30.9 Å². The summed E-state index contributed by atoms with van der Waals surface area (Å²) >= 11 is 0. The third kappa shape index (κ3) is 3.40. The highest BCUT2D eigenvalue weighted by Gasteiger charge is 2.05. The SMILES string of the molecule is CC[C@H](C)CCCOc1cccc2c(O)cccc12. The molecule has 1 N–H and O–H groups in total. The Balaban J connectivity index is 2.03. The van der Waals surface area contributed by atoms with Crippen LogP contribution in [0.3, 0.4) is 0 Å². The van der Waals surface area contributed by atoms with Gasteiger partial charge in [0.1, 0.15) is 11.5 Å².